The average Bonchev–Trinajstić information content (AvgIpc) is 3.27. The molecule has 2 aromatic carbocycles. The molecular formula is C29H34N4O2S. The predicted octanol–water partition coefficient (Wildman–Crippen LogP) is 6.34. The van der Waals surface area contributed by atoms with E-state index in [1.54, 1.807) is 13.3 Å². The number of likely N-dealkylation sites (tertiary alicyclic amines) is 1. The molecule has 3 aromatic rings. The minimum Gasteiger partial charge on any atom is -0.496 e. The number of nitrogens with zero attached hydrogens (tertiary/aromatic N) is 3. The van der Waals surface area contributed by atoms with Gasteiger partial charge in [0.25, 0.3) is 0 Å². The van der Waals surface area contributed by atoms with Gasteiger partial charge in [-0.1, -0.05) is 68.9 Å². The highest BCUT2D eigenvalue weighted by atomic mass is 32.2. The molecule has 0 bridgehead atoms. The van der Waals surface area contributed by atoms with Crippen LogP contribution in [0.3, 0.4) is 0 Å². The van der Waals surface area contributed by atoms with Crippen molar-refractivity contribution in [3.63, 3.8) is 0 Å². The lowest BCUT2D eigenvalue weighted by Crippen LogP contribution is -2.42. The summed E-state index contributed by atoms with van der Waals surface area (Å²) in [7, 11) is 1.74. The summed E-state index contributed by atoms with van der Waals surface area (Å²) in [5.41, 5.74) is 3.18. The third kappa shape index (κ3) is 5.52. The van der Waals surface area contributed by atoms with E-state index in [0.717, 1.165) is 54.0 Å². The number of fused-ring (bicyclic) bond motifs is 1. The van der Waals surface area contributed by atoms with Crippen molar-refractivity contribution in [1.29, 1.82) is 0 Å². The number of nitrogens with one attached hydrogen (secondary N) is 1. The molecule has 36 heavy (non-hydrogen) atoms. The van der Waals surface area contributed by atoms with Crippen molar-refractivity contribution in [2.45, 2.75) is 50.4 Å². The number of aromatic nitrogens is 1. The van der Waals surface area contributed by atoms with Crippen molar-refractivity contribution in [2.75, 3.05) is 25.5 Å². The maximum atomic E-state index is 6.34. The SMILES string of the molecule is COc1ccccc1CN1CCC2N=C(Nc3cccnc3Oc3ccccc3C(C)(C)C)SC2C1. The van der Waals surface area contributed by atoms with Gasteiger partial charge in [0.05, 0.1) is 13.2 Å². The lowest BCUT2D eigenvalue weighted by molar-refractivity contribution is 0.211. The van der Waals surface area contributed by atoms with E-state index in [2.05, 4.69) is 54.2 Å². The van der Waals surface area contributed by atoms with Gasteiger partial charge in [0, 0.05) is 42.2 Å². The summed E-state index contributed by atoms with van der Waals surface area (Å²) in [6, 6.07) is 20.7. The Morgan fingerprint density at radius 2 is 1.81 bits per heavy atom. The van der Waals surface area contributed by atoms with Gasteiger partial charge in [-0.05, 0) is 36.1 Å². The second-order valence-electron chi connectivity index (χ2n) is 10.3. The molecule has 2 atom stereocenters. The fraction of sp³-hybridized carbons (Fsp3) is 0.379. The Labute approximate surface area is 218 Å². The molecule has 2 aliphatic heterocycles. The molecule has 1 fully saturated rings. The molecule has 7 heteroatoms. The van der Waals surface area contributed by atoms with Gasteiger partial charge >= 0.3 is 0 Å². The molecule has 2 aliphatic rings. The topological polar surface area (TPSA) is 59.0 Å². The molecule has 1 saturated heterocycles. The van der Waals surface area contributed by atoms with Gasteiger partial charge in [0.15, 0.2) is 5.17 Å². The van der Waals surface area contributed by atoms with E-state index in [1.807, 2.05) is 54.2 Å². The zero-order valence-electron chi connectivity index (χ0n) is 21.4. The Kier molecular flexibility index (Phi) is 7.21. The zero-order valence-corrected chi connectivity index (χ0v) is 22.2. The Balaban J connectivity index is 1.26. The van der Waals surface area contributed by atoms with Crippen LogP contribution >= 0.6 is 11.8 Å². The number of hydrogen-bond acceptors (Lipinski definition) is 7. The number of pyridine rings is 1. The maximum absolute atomic E-state index is 6.34. The lowest BCUT2D eigenvalue weighted by Gasteiger charge is -2.33. The summed E-state index contributed by atoms with van der Waals surface area (Å²) < 4.78 is 11.9. The number of anilines is 1. The number of amidine groups is 1. The van der Waals surface area contributed by atoms with Crippen LogP contribution < -0.4 is 14.8 Å². The molecule has 0 aliphatic carbocycles. The number of thioether (sulfide) groups is 1. The van der Waals surface area contributed by atoms with Crippen molar-refractivity contribution in [3.8, 4) is 17.4 Å². The number of methoxy groups -OCH3 is 1. The van der Waals surface area contributed by atoms with Gasteiger partial charge < -0.3 is 14.8 Å². The summed E-state index contributed by atoms with van der Waals surface area (Å²) >= 11 is 1.82. The Morgan fingerprint density at radius 1 is 1.03 bits per heavy atom. The summed E-state index contributed by atoms with van der Waals surface area (Å²) in [6.45, 7) is 9.49. The van der Waals surface area contributed by atoms with Crippen LogP contribution in [0, 0.1) is 0 Å². The minimum absolute atomic E-state index is 0.0321. The first-order chi connectivity index (χ1) is 17.4. The summed E-state index contributed by atoms with van der Waals surface area (Å²) in [5.74, 6) is 2.34. The molecule has 0 amide bonds. The van der Waals surface area contributed by atoms with Gasteiger partial charge in [-0.3, -0.25) is 9.89 Å². The number of para-hydroxylation sites is 2. The fourth-order valence-corrected chi connectivity index (χ4v) is 6.09. The molecule has 0 radical (unpaired) electrons. The first-order valence-electron chi connectivity index (χ1n) is 12.5. The van der Waals surface area contributed by atoms with Crippen molar-refractivity contribution in [3.05, 3.63) is 78.0 Å². The van der Waals surface area contributed by atoms with Crippen LogP contribution in [0.2, 0.25) is 0 Å². The van der Waals surface area contributed by atoms with E-state index in [9.17, 15) is 0 Å². The highest BCUT2D eigenvalue weighted by Crippen LogP contribution is 2.38. The fourth-order valence-electron chi connectivity index (χ4n) is 4.80. The standard InChI is InChI=1S/C29H34N4O2S/c1-29(2,3)21-11-6-8-14-25(21)35-27-23(12-9-16-30-27)32-28-31-22-15-17-33(19-26(22)36-28)18-20-10-5-7-13-24(20)34-4/h5-14,16,22,26H,15,17-19H2,1-4H3,(H,31,32). The van der Waals surface area contributed by atoms with Crippen LogP contribution in [0.25, 0.3) is 0 Å². The summed E-state index contributed by atoms with van der Waals surface area (Å²) in [4.78, 5) is 12.1. The molecule has 2 unspecified atom stereocenters. The second kappa shape index (κ2) is 10.5. The summed E-state index contributed by atoms with van der Waals surface area (Å²) in [6.07, 6.45) is 2.81. The molecule has 1 N–H and O–H groups in total. The minimum atomic E-state index is -0.0321. The van der Waals surface area contributed by atoms with Crippen LogP contribution in [0.5, 0.6) is 17.4 Å². The molecular weight excluding hydrogens is 468 g/mol. The smallest absolute Gasteiger partial charge is 0.243 e. The first kappa shape index (κ1) is 24.7. The molecule has 188 valence electrons. The molecule has 6 nitrogen and oxygen atoms in total. The van der Waals surface area contributed by atoms with E-state index in [1.165, 1.54) is 5.56 Å². The Hall–Kier alpha value is -3.03. The summed E-state index contributed by atoms with van der Waals surface area (Å²) in [5, 5.41) is 4.88. The second-order valence-corrected chi connectivity index (χ2v) is 11.6. The van der Waals surface area contributed by atoms with Crippen LogP contribution in [-0.4, -0.2) is 46.5 Å². The van der Waals surface area contributed by atoms with Crippen molar-refractivity contribution >= 4 is 22.6 Å². The van der Waals surface area contributed by atoms with Crippen molar-refractivity contribution in [1.82, 2.24) is 9.88 Å². The normalized spacial score (nSPS) is 19.9. The molecule has 5 rings (SSSR count). The zero-order chi connectivity index (χ0) is 25.1. The van der Waals surface area contributed by atoms with Crippen LogP contribution in [-0.2, 0) is 12.0 Å². The molecule has 0 spiro atoms. The van der Waals surface area contributed by atoms with E-state index in [4.69, 9.17) is 14.5 Å². The van der Waals surface area contributed by atoms with Crippen LogP contribution in [0.1, 0.15) is 38.3 Å². The Morgan fingerprint density at radius 3 is 2.61 bits per heavy atom. The van der Waals surface area contributed by atoms with Gasteiger partial charge in [0.2, 0.25) is 5.88 Å². The van der Waals surface area contributed by atoms with E-state index in [0.29, 0.717) is 17.2 Å². The lowest BCUT2D eigenvalue weighted by atomic mass is 9.86. The third-order valence-corrected chi connectivity index (χ3v) is 7.85. The largest absolute Gasteiger partial charge is 0.496 e. The average molecular weight is 503 g/mol. The highest BCUT2D eigenvalue weighted by Gasteiger charge is 2.36. The van der Waals surface area contributed by atoms with E-state index in [-0.39, 0.29) is 5.41 Å². The number of hydrogen-bond donors (Lipinski definition) is 1. The number of benzene rings is 2. The molecule has 0 saturated carbocycles. The third-order valence-electron chi connectivity index (χ3n) is 6.66. The predicted molar refractivity (Wildman–Crippen MR) is 149 cm³/mol. The van der Waals surface area contributed by atoms with E-state index < -0.39 is 0 Å². The van der Waals surface area contributed by atoms with E-state index >= 15 is 0 Å². The number of piperidine rings is 1. The van der Waals surface area contributed by atoms with Crippen LogP contribution in [0.15, 0.2) is 71.9 Å². The van der Waals surface area contributed by atoms with Gasteiger partial charge in [-0.15, -0.1) is 0 Å². The molecule has 1 aromatic heterocycles. The van der Waals surface area contributed by atoms with Gasteiger partial charge in [0.1, 0.15) is 17.2 Å². The van der Waals surface area contributed by atoms with Crippen LogP contribution in [0.4, 0.5) is 5.69 Å². The Bertz CT molecular complexity index is 1240. The molecule has 3 heterocycles. The van der Waals surface area contributed by atoms with Crippen molar-refractivity contribution < 1.29 is 9.47 Å². The number of aliphatic imine (C=N–C) groups is 1. The number of rotatable bonds is 6. The maximum Gasteiger partial charge on any atom is 0.243 e. The quantitative estimate of drug-likeness (QED) is 0.425. The van der Waals surface area contributed by atoms with Crippen molar-refractivity contribution in [2.24, 2.45) is 4.99 Å². The number of ether oxygens (including phenoxy) is 2. The van der Waals surface area contributed by atoms with Gasteiger partial charge in [-0.2, -0.15) is 0 Å². The monoisotopic (exact) mass is 502 g/mol. The highest BCUT2D eigenvalue weighted by molar-refractivity contribution is 8.15. The first-order valence-corrected chi connectivity index (χ1v) is 13.4. The van der Waals surface area contributed by atoms with Gasteiger partial charge in [-0.25, -0.2) is 4.98 Å².